The van der Waals surface area contributed by atoms with E-state index in [0.29, 0.717) is 34.9 Å². The summed E-state index contributed by atoms with van der Waals surface area (Å²) in [4.78, 5) is 25.0. The Morgan fingerprint density at radius 2 is 1.80 bits per heavy atom. The number of hydrogen-bond acceptors (Lipinski definition) is 7. The van der Waals surface area contributed by atoms with Crippen LogP contribution >= 0.6 is 0 Å². The first-order chi connectivity index (χ1) is 21.2. The number of nitrogens with one attached hydrogen (secondary N) is 1. The molecule has 1 aliphatic heterocycles. The molecule has 44 heavy (non-hydrogen) atoms. The molecule has 0 unspecified atom stereocenters. The Bertz CT molecular complexity index is 1940. The molecular weight excluding hydrogens is 573 g/mol. The molecule has 0 amide bonds. The van der Waals surface area contributed by atoms with Crippen molar-refractivity contribution in [3.63, 3.8) is 0 Å². The van der Waals surface area contributed by atoms with Crippen LogP contribution in [0.15, 0.2) is 71.7 Å². The van der Waals surface area contributed by atoms with Gasteiger partial charge < -0.3 is 14.4 Å². The maximum absolute atomic E-state index is 15.5. The lowest BCUT2D eigenvalue weighted by Crippen LogP contribution is -2.35. The number of hydrogen-bond donors (Lipinski definition) is 2. The van der Waals surface area contributed by atoms with Crippen LogP contribution in [0.4, 0.5) is 13.2 Å². The first-order valence-electron chi connectivity index (χ1n) is 13.7. The number of carboxylic acid groups (broad SMARTS) is 1. The predicted molar refractivity (Wildman–Crippen MR) is 158 cm³/mol. The van der Waals surface area contributed by atoms with Crippen LogP contribution in [0.1, 0.15) is 32.9 Å². The highest BCUT2D eigenvalue weighted by Crippen LogP contribution is 2.28. The number of ether oxygens (including phenoxy) is 1. The zero-order valence-corrected chi connectivity index (χ0v) is 23.8. The molecule has 0 fully saturated rings. The molecule has 12 heteroatoms. The van der Waals surface area contributed by atoms with Crippen molar-refractivity contribution in [1.29, 1.82) is 0 Å². The molecule has 0 bridgehead atoms. The molecule has 0 saturated heterocycles. The number of pyridine rings is 1. The minimum Gasteiger partial charge on any atom is -0.478 e. The molecule has 5 aromatic rings. The molecule has 0 atom stereocenters. The zero-order chi connectivity index (χ0) is 31.0. The fourth-order valence-corrected chi connectivity index (χ4v) is 5.00. The van der Waals surface area contributed by atoms with Crippen molar-refractivity contribution in [1.82, 2.24) is 25.0 Å². The summed E-state index contributed by atoms with van der Waals surface area (Å²) in [6, 6.07) is 16.2. The van der Waals surface area contributed by atoms with Crippen LogP contribution in [0.25, 0.3) is 22.3 Å². The number of benzene rings is 3. The largest absolute Gasteiger partial charge is 0.478 e. The first-order valence-corrected chi connectivity index (χ1v) is 13.7. The van der Waals surface area contributed by atoms with E-state index < -0.39 is 23.4 Å². The summed E-state index contributed by atoms with van der Waals surface area (Å²) in [5.74, 6) is -1.64. The second kappa shape index (κ2) is 11.8. The number of likely N-dealkylation sites (N-methyl/N-ethyl adjacent to an activating group) is 1. The maximum Gasteiger partial charge on any atom is 0.335 e. The van der Waals surface area contributed by atoms with E-state index >= 15 is 8.78 Å². The van der Waals surface area contributed by atoms with Crippen LogP contribution in [0.2, 0.25) is 0 Å². The second-order valence-corrected chi connectivity index (χ2v) is 10.4. The van der Waals surface area contributed by atoms with Gasteiger partial charge in [-0.1, -0.05) is 18.2 Å². The predicted octanol–water partition coefficient (Wildman–Crippen LogP) is 5.50. The topological polar surface area (TPSA) is 105 Å². The summed E-state index contributed by atoms with van der Waals surface area (Å²) in [6.45, 7) is 2.33. The zero-order valence-electron chi connectivity index (χ0n) is 23.8. The number of rotatable bonds is 9. The number of amidine groups is 1. The van der Waals surface area contributed by atoms with Gasteiger partial charge in [0.2, 0.25) is 5.88 Å². The van der Waals surface area contributed by atoms with Crippen molar-refractivity contribution in [2.45, 2.75) is 26.5 Å². The minimum absolute atomic E-state index is 0.0587. The van der Waals surface area contributed by atoms with Gasteiger partial charge in [-0.05, 0) is 60.5 Å². The quantitative estimate of drug-likeness (QED) is 0.230. The van der Waals surface area contributed by atoms with Gasteiger partial charge in [-0.15, -0.1) is 0 Å². The van der Waals surface area contributed by atoms with Gasteiger partial charge in [0.25, 0.3) is 0 Å². The number of carbonyl (C=O) groups is 1. The summed E-state index contributed by atoms with van der Waals surface area (Å²) in [5.41, 5.74) is 5.45. The maximum atomic E-state index is 15.5. The highest BCUT2D eigenvalue weighted by atomic mass is 19.1. The number of aromatic carboxylic acids is 1. The average molecular weight is 601 g/mol. The van der Waals surface area contributed by atoms with Crippen molar-refractivity contribution >= 4 is 22.8 Å². The van der Waals surface area contributed by atoms with Gasteiger partial charge in [0.05, 0.1) is 28.8 Å². The lowest BCUT2D eigenvalue weighted by molar-refractivity contribution is 0.0697. The van der Waals surface area contributed by atoms with Crippen LogP contribution < -0.4 is 10.2 Å². The van der Waals surface area contributed by atoms with Crippen molar-refractivity contribution < 1.29 is 27.8 Å². The van der Waals surface area contributed by atoms with Gasteiger partial charge in [-0.2, -0.15) is 0 Å². The molecule has 2 N–H and O–H groups in total. The molecule has 0 saturated carbocycles. The number of imidazole rings is 1. The first kappa shape index (κ1) is 28.9. The van der Waals surface area contributed by atoms with E-state index in [1.165, 1.54) is 24.3 Å². The average Bonchev–Trinajstić information content (AvgIpc) is 3.56. The van der Waals surface area contributed by atoms with Gasteiger partial charge in [-0.25, -0.2) is 33.4 Å². The van der Waals surface area contributed by atoms with E-state index in [9.17, 15) is 14.3 Å². The summed E-state index contributed by atoms with van der Waals surface area (Å²) in [6.07, 6.45) is -0.0662. The summed E-state index contributed by atoms with van der Waals surface area (Å²) in [5, 5.41) is 11.3. The molecule has 0 aliphatic carbocycles. The van der Waals surface area contributed by atoms with Crippen LogP contribution in [-0.2, 0) is 19.6 Å². The van der Waals surface area contributed by atoms with E-state index in [2.05, 4.69) is 20.4 Å². The number of aryl methyl sites for hydroxylation is 1. The molecule has 2 aromatic heterocycles. The standard InChI is InChI=1S/C32H27F3N6O3/c1-18-6-7-20(23(33)10-18)16-44-31-5-3-4-26(39-31)22-14-24(34)21(11-25(22)35)13-29-38-27-9-8-19(32(42)43)12-28(27)41(29)15-30-36-17-37-40(30)2/h3-12,14,37H,13,15-17H2,1-2H3,(H,42,43). The highest BCUT2D eigenvalue weighted by Gasteiger charge is 2.21. The molecule has 0 radical (unpaired) electrons. The second-order valence-electron chi connectivity index (χ2n) is 10.4. The van der Waals surface area contributed by atoms with Crippen LogP contribution in [0.5, 0.6) is 5.88 Å². The fourth-order valence-electron chi connectivity index (χ4n) is 5.00. The monoisotopic (exact) mass is 600 g/mol. The van der Waals surface area contributed by atoms with Gasteiger partial charge in [-0.3, -0.25) is 10.0 Å². The van der Waals surface area contributed by atoms with Crippen LogP contribution in [-0.4, -0.2) is 50.2 Å². The van der Waals surface area contributed by atoms with Crippen molar-refractivity contribution in [2.75, 3.05) is 13.7 Å². The minimum atomic E-state index is -1.09. The number of carboxylic acids is 1. The van der Waals surface area contributed by atoms with Gasteiger partial charge in [0.1, 0.15) is 42.4 Å². The normalized spacial score (nSPS) is 13.0. The fraction of sp³-hybridized carbons (Fsp3) is 0.188. The molecule has 3 heterocycles. The Morgan fingerprint density at radius 1 is 0.977 bits per heavy atom. The van der Waals surface area contributed by atoms with Gasteiger partial charge in [0, 0.05) is 30.7 Å². The molecule has 9 nitrogen and oxygen atoms in total. The third-order valence-corrected chi connectivity index (χ3v) is 7.40. The summed E-state index contributed by atoms with van der Waals surface area (Å²) in [7, 11) is 1.80. The van der Waals surface area contributed by atoms with Crippen LogP contribution in [0, 0.1) is 24.4 Å². The number of halogens is 3. The summed E-state index contributed by atoms with van der Waals surface area (Å²) < 4.78 is 52.7. The SMILES string of the molecule is Cc1ccc(COc2cccc(-c3cc(F)c(Cc4nc5ccc(C(=O)O)cc5n4CC4=NCNN4C)cc3F)n2)c(F)c1. The lowest BCUT2D eigenvalue weighted by Gasteiger charge is -2.16. The third kappa shape index (κ3) is 5.84. The highest BCUT2D eigenvalue weighted by molar-refractivity contribution is 5.93. The molecule has 6 rings (SSSR count). The van der Waals surface area contributed by atoms with Crippen molar-refractivity contribution in [2.24, 2.45) is 4.99 Å². The number of fused-ring (bicyclic) bond motifs is 1. The number of hydrazine groups is 1. The third-order valence-electron chi connectivity index (χ3n) is 7.40. The van der Waals surface area contributed by atoms with Crippen LogP contribution in [0.3, 0.4) is 0 Å². The van der Waals surface area contributed by atoms with Gasteiger partial charge in [0.15, 0.2) is 0 Å². The molecular formula is C32H27F3N6O3. The Balaban J connectivity index is 1.29. The molecule has 0 spiro atoms. The Morgan fingerprint density at radius 3 is 2.55 bits per heavy atom. The van der Waals surface area contributed by atoms with E-state index in [1.807, 2.05) is 0 Å². The van der Waals surface area contributed by atoms with Crippen molar-refractivity contribution in [3.05, 3.63) is 112 Å². The van der Waals surface area contributed by atoms with E-state index in [4.69, 9.17) is 4.74 Å². The van der Waals surface area contributed by atoms with E-state index in [1.54, 1.807) is 53.9 Å². The summed E-state index contributed by atoms with van der Waals surface area (Å²) >= 11 is 0. The van der Waals surface area contributed by atoms with Crippen molar-refractivity contribution in [3.8, 4) is 17.1 Å². The molecule has 224 valence electrons. The van der Waals surface area contributed by atoms with E-state index in [0.717, 1.165) is 17.7 Å². The Hall–Kier alpha value is -5.23. The number of aromatic nitrogens is 3. The Kier molecular flexibility index (Phi) is 7.75. The van der Waals surface area contributed by atoms with E-state index in [-0.39, 0.29) is 47.8 Å². The molecule has 3 aromatic carbocycles. The lowest BCUT2D eigenvalue weighted by atomic mass is 10.0. The smallest absolute Gasteiger partial charge is 0.335 e. The number of aliphatic imine (C=N–C) groups is 1. The number of nitrogens with zero attached hydrogens (tertiary/aromatic N) is 5. The molecule has 1 aliphatic rings. The Labute approximate surface area is 250 Å². The van der Waals surface area contributed by atoms with Gasteiger partial charge >= 0.3 is 5.97 Å².